The van der Waals surface area contributed by atoms with Gasteiger partial charge in [-0.3, -0.25) is 0 Å². The number of hydrogen-bond acceptors (Lipinski definition) is 0. The second-order valence-electron chi connectivity index (χ2n) is 4.28. The van der Waals surface area contributed by atoms with Gasteiger partial charge in [-0.1, -0.05) is 51.8 Å². The SMILES string of the molecule is Cc1ccc(-c2cc(C)c(C)cc2Br)cc1. The molecule has 0 heterocycles. The third kappa shape index (κ3) is 2.19. The van der Waals surface area contributed by atoms with Gasteiger partial charge < -0.3 is 0 Å². The van der Waals surface area contributed by atoms with Crippen LogP contribution in [0.5, 0.6) is 0 Å². The van der Waals surface area contributed by atoms with Crippen LogP contribution < -0.4 is 0 Å². The lowest BCUT2D eigenvalue weighted by Gasteiger charge is -2.09. The van der Waals surface area contributed by atoms with Crippen LogP contribution in [-0.4, -0.2) is 0 Å². The van der Waals surface area contributed by atoms with Crippen LogP contribution in [0.2, 0.25) is 0 Å². The smallest absolute Gasteiger partial charge is 0.0256 e. The third-order valence-electron chi connectivity index (χ3n) is 2.95. The molecule has 0 unspecified atom stereocenters. The average Bonchev–Trinajstić information content (AvgIpc) is 2.25. The van der Waals surface area contributed by atoms with E-state index in [2.05, 4.69) is 73.1 Å². The van der Waals surface area contributed by atoms with E-state index in [1.165, 1.54) is 32.3 Å². The molecule has 0 aliphatic rings. The van der Waals surface area contributed by atoms with Crippen LogP contribution in [-0.2, 0) is 0 Å². The molecule has 0 aromatic heterocycles. The summed E-state index contributed by atoms with van der Waals surface area (Å²) in [6.07, 6.45) is 0. The van der Waals surface area contributed by atoms with Crippen molar-refractivity contribution in [1.29, 1.82) is 0 Å². The molecule has 0 nitrogen and oxygen atoms in total. The van der Waals surface area contributed by atoms with Crippen LogP contribution in [0.25, 0.3) is 11.1 Å². The van der Waals surface area contributed by atoms with Crippen molar-refractivity contribution < 1.29 is 0 Å². The van der Waals surface area contributed by atoms with Gasteiger partial charge in [-0.15, -0.1) is 0 Å². The molecule has 2 rings (SSSR count). The molecule has 0 radical (unpaired) electrons. The fourth-order valence-corrected chi connectivity index (χ4v) is 2.42. The summed E-state index contributed by atoms with van der Waals surface area (Å²) in [4.78, 5) is 0. The Bertz CT molecular complexity index is 510. The third-order valence-corrected chi connectivity index (χ3v) is 3.60. The highest BCUT2D eigenvalue weighted by Crippen LogP contribution is 2.30. The van der Waals surface area contributed by atoms with Gasteiger partial charge >= 0.3 is 0 Å². The highest BCUT2D eigenvalue weighted by Gasteiger charge is 2.05. The Kier molecular flexibility index (Phi) is 3.15. The zero-order valence-corrected chi connectivity index (χ0v) is 11.4. The molecule has 0 saturated carbocycles. The molecule has 0 spiro atoms. The highest BCUT2D eigenvalue weighted by molar-refractivity contribution is 9.10. The summed E-state index contributed by atoms with van der Waals surface area (Å²) in [6, 6.07) is 13.1. The normalized spacial score (nSPS) is 10.5. The van der Waals surface area contributed by atoms with E-state index in [0.29, 0.717) is 0 Å². The second kappa shape index (κ2) is 4.42. The summed E-state index contributed by atoms with van der Waals surface area (Å²) in [5.74, 6) is 0. The molecule has 16 heavy (non-hydrogen) atoms. The first-order valence-corrected chi connectivity index (χ1v) is 6.21. The van der Waals surface area contributed by atoms with Gasteiger partial charge in [0, 0.05) is 4.47 Å². The maximum atomic E-state index is 3.64. The van der Waals surface area contributed by atoms with E-state index in [0.717, 1.165) is 0 Å². The molecule has 0 fully saturated rings. The van der Waals surface area contributed by atoms with E-state index >= 15 is 0 Å². The van der Waals surface area contributed by atoms with Gasteiger partial charge in [0.15, 0.2) is 0 Å². The maximum Gasteiger partial charge on any atom is 0.0256 e. The fraction of sp³-hybridized carbons (Fsp3) is 0.200. The monoisotopic (exact) mass is 274 g/mol. The Morgan fingerprint density at radius 3 is 2.00 bits per heavy atom. The van der Waals surface area contributed by atoms with Crippen molar-refractivity contribution in [3.05, 3.63) is 57.6 Å². The number of rotatable bonds is 1. The molecule has 0 amide bonds. The average molecular weight is 275 g/mol. The van der Waals surface area contributed by atoms with Gasteiger partial charge in [0.05, 0.1) is 0 Å². The van der Waals surface area contributed by atoms with Gasteiger partial charge in [0.25, 0.3) is 0 Å². The lowest BCUT2D eigenvalue weighted by molar-refractivity contribution is 1.33. The molecular formula is C15H15Br. The Balaban J connectivity index is 2.56. The molecule has 82 valence electrons. The summed E-state index contributed by atoms with van der Waals surface area (Å²) in [5.41, 5.74) is 6.48. The van der Waals surface area contributed by atoms with E-state index in [-0.39, 0.29) is 0 Å². The van der Waals surface area contributed by atoms with E-state index in [9.17, 15) is 0 Å². The zero-order valence-electron chi connectivity index (χ0n) is 9.84. The lowest BCUT2D eigenvalue weighted by atomic mass is 10.00. The number of halogens is 1. The zero-order chi connectivity index (χ0) is 11.7. The Labute approximate surface area is 105 Å². The van der Waals surface area contributed by atoms with Gasteiger partial charge in [-0.05, 0) is 49.1 Å². The largest absolute Gasteiger partial charge is 0.0587 e. The van der Waals surface area contributed by atoms with Crippen LogP contribution in [0.15, 0.2) is 40.9 Å². The molecule has 2 aromatic rings. The predicted molar refractivity (Wildman–Crippen MR) is 73.8 cm³/mol. The van der Waals surface area contributed by atoms with Crippen molar-refractivity contribution in [3.63, 3.8) is 0 Å². The molecule has 2 aromatic carbocycles. The fourth-order valence-electron chi connectivity index (χ4n) is 1.74. The Hall–Kier alpha value is -1.08. The molecule has 0 N–H and O–H groups in total. The summed E-state index contributed by atoms with van der Waals surface area (Å²) in [5, 5.41) is 0. The Morgan fingerprint density at radius 2 is 1.38 bits per heavy atom. The van der Waals surface area contributed by atoms with Crippen molar-refractivity contribution in [2.45, 2.75) is 20.8 Å². The molecule has 0 aliphatic carbocycles. The number of benzene rings is 2. The molecule has 0 saturated heterocycles. The minimum absolute atomic E-state index is 1.17. The van der Waals surface area contributed by atoms with Crippen molar-refractivity contribution in [2.75, 3.05) is 0 Å². The molecule has 0 aliphatic heterocycles. The molecule has 1 heteroatoms. The minimum atomic E-state index is 1.17. The quantitative estimate of drug-likeness (QED) is 0.683. The first kappa shape index (κ1) is 11.4. The van der Waals surface area contributed by atoms with Gasteiger partial charge in [-0.2, -0.15) is 0 Å². The van der Waals surface area contributed by atoms with E-state index < -0.39 is 0 Å². The van der Waals surface area contributed by atoms with Crippen LogP contribution in [0.3, 0.4) is 0 Å². The van der Waals surface area contributed by atoms with E-state index in [1.54, 1.807) is 0 Å². The van der Waals surface area contributed by atoms with Crippen molar-refractivity contribution in [1.82, 2.24) is 0 Å². The van der Waals surface area contributed by atoms with Crippen molar-refractivity contribution >= 4 is 15.9 Å². The lowest BCUT2D eigenvalue weighted by Crippen LogP contribution is -1.86. The minimum Gasteiger partial charge on any atom is -0.0587 e. The second-order valence-corrected chi connectivity index (χ2v) is 5.14. The van der Waals surface area contributed by atoms with E-state index in [1.807, 2.05) is 0 Å². The first-order chi connectivity index (χ1) is 7.58. The van der Waals surface area contributed by atoms with Crippen LogP contribution in [0, 0.1) is 20.8 Å². The summed E-state index contributed by atoms with van der Waals surface area (Å²) in [6.45, 7) is 6.40. The summed E-state index contributed by atoms with van der Waals surface area (Å²) in [7, 11) is 0. The van der Waals surface area contributed by atoms with Gasteiger partial charge in [0.1, 0.15) is 0 Å². The summed E-state index contributed by atoms with van der Waals surface area (Å²) >= 11 is 3.64. The van der Waals surface area contributed by atoms with Gasteiger partial charge in [0.2, 0.25) is 0 Å². The maximum absolute atomic E-state index is 3.64. The standard InChI is InChI=1S/C15H15Br/c1-10-4-6-13(7-5-10)14-8-11(2)12(3)9-15(14)16/h4-9H,1-3H3. The van der Waals surface area contributed by atoms with Crippen molar-refractivity contribution in [3.8, 4) is 11.1 Å². The van der Waals surface area contributed by atoms with Crippen molar-refractivity contribution in [2.24, 2.45) is 0 Å². The first-order valence-electron chi connectivity index (χ1n) is 5.42. The number of aryl methyl sites for hydroxylation is 3. The van der Waals surface area contributed by atoms with Gasteiger partial charge in [-0.25, -0.2) is 0 Å². The number of hydrogen-bond donors (Lipinski definition) is 0. The molecular weight excluding hydrogens is 260 g/mol. The van der Waals surface area contributed by atoms with Crippen LogP contribution in [0.1, 0.15) is 16.7 Å². The topological polar surface area (TPSA) is 0 Å². The highest BCUT2D eigenvalue weighted by atomic mass is 79.9. The molecule has 0 bridgehead atoms. The Morgan fingerprint density at radius 1 is 0.812 bits per heavy atom. The van der Waals surface area contributed by atoms with Crippen LogP contribution in [0.4, 0.5) is 0 Å². The van der Waals surface area contributed by atoms with E-state index in [4.69, 9.17) is 0 Å². The van der Waals surface area contributed by atoms with Crippen LogP contribution >= 0.6 is 15.9 Å². The molecule has 0 atom stereocenters. The summed E-state index contributed by atoms with van der Waals surface area (Å²) < 4.78 is 1.17. The predicted octanol–water partition coefficient (Wildman–Crippen LogP) is 5.04.